The Morgan fingerprint density at radius 2 is 1.68 bits per heavy atom. The predicted octanol–water partition coefficient (Wildman–Crippen LogP) is 2.36. The topological polar surface area (TPSA) is 52.7 Å². The second-order valence-corrected chi connectivity index (χ2v) is 7.15. The molecule has 0 bridgehead atoms. The molecule has 0 aromatic heterocycles. The minimum absolute atomic E-state index is 0.0349. The molecule has 22 heavy (non-hydrogen) atoms. The van der Waals surface area contributed by atoms with E-state index in [-0.39, 0.29) is 11.9 Å². The van der Waals surface area contributed by atoms with Gasteiger partial charge in [-0.1, -0.05) is 6.42 Å². The van der Waals surface area contributed by atoms with Crippen LogP contribution in [-0.4, -0.2) is 53.5 Å². The fourth-order valence-electron chi connectivity index (χ4n) is 4.08. The van der Waals surface area contributed by atoms with Crippen molar-refractivity contribution in [3.8, 4) is 0 Å². The zero-order valence-electron chi connectivity index (χ0n) is 13.7. The van der Waals surface area contributed by atoms with Gasteiger partial charge in [0.15, 0.2) is 0 Å². The van der Waals surface area contributed by atoms with Crippen molar-refractivity contribution in [2.24, 2.45) is 5.92 Å². The molecule has 5 heteroatoms. The molecule has 124 valence electrons. The molecule has 1 aliphatic carbocycles. The second-order valence-electron chi connectivity index (χ2n) is 7.15. The quantitative estimate of drug-likeness (QED) is 0.870. The van der Waals surface area contributed by atoms with E-state index in [2.05, 4.69) is 5.32 Å². The summed E-state index contributed by atoms with van der Waals surface area (Å²) in [5.41, 5.74) is 0. The molecule has 0 spiro atoms. The highest BCUT2D eigenvalue weighted by Gasteiger charge is 2.38. The summed E-state index contributed by atoms with van der Waals surface area (Å²) in [6.45, 7) is 4.35. The van der Waals surface area contributed by atoms with E-state index in [0.29, 0.717) is 12.0 Å². The first kappa shape index (κ1) is 15.6. The smallest absolute Gasteiger partial charge is 0.318 e. The van der Waals surface area contributed by atoms with Crippen LogP contribution in [0.15, 0.2) is 0 Å². The standard InChI is InChI=1S/C17H29N3O2/c1-13(16(21)19-10-3-2-4-11-19)18-17(22)20-12-6-9-15(20)14-7-5-8-14/h13-15H,2-12H2,1H3,(H,18,22). The molecule has 0 radical (unpaired) electrons. The van der Waals surface area contributed by atoms with E-state index >= 15 is 0 Å². The van der Waals surface area contributed by atoms with Crippen molar-refractivity contribution in [3.63, 3.8) is 0 Å². The fraction of sp³-hybridized carbons (Fsp3) is 0.882. The van der Waals surface area contributed by atoms with Crippen LogP contribution >= 0.6 is 0 Å². The first-order valence-corrected chi connectivity index (χ1v) is 9.03. The summed E-state index contributed by atoms with van der Waals surface area (Å²) in [6, 6.07) is -0.0356. The SMILES string of the molecule is CC(NC(=O)N1CCCC1C1CCC1)C(=O)N1CCCCC1. The van der Waals surface area contributed by atoms with E-state index in [1.165, 1.54) is 25.7 Å². The van der Waals surface area contributed by atoms with E-state index in [0.717, 1.165) is 45.3 Å². The molecule has 3 rings (SSSR count). The number of hydrogen-bond acceptors (Lipinski definition) is 2. The molecule has 2 unspecified atom stereocenters. The molecule has 2 atom stereocenters. The van der Waals surface area contributed by atoms with Crippen molar-refractivity contribution >= 4 is 11.9 Å². The molecule has 3 amide bonds. The average molecular weight is 307 g/mol. The molecule has 3 fully saturated rings. The summed E-state index contributed by atoms with van der Waals surface area (Å²) in [5.74, 6) is 0.772. The number of carbonyl (C=O) groups excluding carboxylic acids is 2. The van der Waals surface area contributed by atoms with E-state index in [1.54, 1.807) is 0 Å². The molecular formula is C17H29N3O2. The maximum absolute atomic E-state index is 12.5. The largest absolute Gasteiger partial charge is 0.341 e. The molecule has 1 N–H and O–H groups in total. The lowest BCUT2D eigenvalue weighted by Crippen LogP contribution is -2.54. The molecular weight excluding hydrogens is 278 g/mol. The highest BCUT2D eigenvalue weighted by molar-refractivity contribution is 5.87. The van der Waals surface area contributed by atoms with E-state index in [9.17, 15) is 9.59 Å². The third-order valence-corrected chi connectivity index (χ3v) is 5.63. The van der Waals surface area contributed by atoms with Gasteiger partial charge < -0.3 is 15.1 Å². The van der Waals surface area contributed by atoms with Crippen LogP contribution in [0.5, 0.6) is 0 Å². The van der Waals surface area contributed by atoms with Gasteiger partial charge in [0.1, 0.15) is 6.04 Å². The Labute approximate surface area is 133 Å². The van der Waals surface area contributed by atoms with Crippen LogP contribution in [0.3, 0.4) is 0 Å². The van der Waals surface area contributed by atoms with Crippen LogP contribution in [0.25, 0.3) is 0 Å². The Balaban J connectivity index is 1.52. The van der Waals surface area contributed by atoms with Gasteiger partial charge in [-0.2, -0.15) is 0 Å². The van der Waals surface area contributed by atoms with Gasteiger partial charge in [0, 0.05) is 25.7 Å². The van der Waals surface area contributed by atoms with Crippen molar-refractivity contribution in [2.75, 3.05) is 19.6 Å². The lowest BCUT2D eigenvalue weighted by Gasteiger charge is -2.37. The normalized spacial score (nSPS) is 27.4. The van der Waals surface area contributed by atoms with E-state index in [1.807, 2.05) is 16.7 Å². The number of rotatable bonds is 3. The second kappa shape index (κ2) is 6.88. The number of piperidine rings is 1. The molecule has 2 saturated heterocycles. The van der Waals surface area contributed by atoms with E-state index in [4.69, 9.17) is 0 Å². The van der Waals surface area contributed by atoms with Gasteiger partial charge in [-0.3, -0.25) is 4.79 Å². The number of likely N-dealkylation sites (tertiary alicyclic amines) is 2. The van der Waals surface area contributed by atoms with Gasteiger partial charge >= 0.3 is 6.03 Å². The molecule has 2 aliphatic heterocycles. The Morgan fingerprint density at radius 1 is 0.955 bits per heavy atom. The monoisotopic (exact) mass is 307 g/mol. The van der Waals surface area contributed by atoms with Gasteiger partial charge in [-0.25, -0.2) is 4.79 Å². The fourth-order valence-corrected chi connectivity index (χ4v) is 4.08. The van der Waals surface area contributed by atoms with Crippen LogP contribution in [0, 0.1) is 5.92 Å². The Morgan fingerprint density at radius 3 is 2.32 bits per heavy atom. The minimum Gasteiger partial charge on any atom is -0.341 e. The number of carbonyl (C=O) groups is 2. The number of urea groups is 1. The summed E-state index contributed by atoms with van der Waals surface area (Å²) in [5, 5.41) is 2.95. The summed E-state index contributed by atoms with van der Waals surface area (Å²) < 4.78 is 0. The van der Waals surface area contributed by atoms with Crippen LogP contribution in [0.2, 0.25) is 0 Å². The maximum atomic E-state index is 12.5. The lowest BCUT2D eigenvalue weighted by atomic mass is 9.79. The van der Waals surface area contributed by atoms with Crippen LogP contribution in [0.4, 0.5) is 4.79 Å². The average Bonchev–Trinajstić information content (AvgIpc) is 2.94. The highest BCUT2D eigenvalue weighted by atomic mass is 16.2. The molecule has 3 aliphatic rings. The van der Waals surface area contributed by atoms with Crippen molar-refractivity contribution in [1.29, 1.82) is 0 Å². The van der Waals surface area contributed by atoms with Crippen LogP contribution in [-0.2, 0) is 4.79 Å². The first-order chi connectivity index (χ1) is 10.7. The molecule has 0 aromatic carbocycles. The van der Waals surface area contributed by atoms with Crippen molar-refractivity contribution in [2.45, 2.75) is 70.4 Å². The Hall–Kier alpha value is -1.26. The Kier molecular flexibility index (Phi) is 4.89. The van der Waals surface area contributed by atoms with Gasteiger partial charge in [0.05, 0.1) is 0 Å². The van der Waals surface area contributed by atoms with Crippen molar-refractivity contribution < 1.29 is 9.59 Å². The number of amides is 3. The summed E-state index contributed by atoms with van der Waals surface area (Å²) >= 11 is 0. The van der Waals surface area contributed by atoms with E-state index < -0.39 is 6.04 Å². The van der Waals surface area contributed by atoms with Gasteiger partial charge in [0.25, 0.3) is 0 Å². The van der Waals surface area contributed by atoms with Gasteiger partial charge in [0.2, 0.25) is 5.91 Å². The van der Waals surface area contributed by atoms with Crippen LogP contribution in [0.1, 0.15) is 58.3 Å². The van der Waals surface area contributed by atoms with Gasteiger partial charge in [-0.05, 0) is 57.8 Å². The molecule has 0 aromatic rings. The molecule has 5 nitrogen and oxygen atoms in total. The number of nitrogens with zero attached hydrogens (tertiary/aromatic N) is 2. The van der Waals surface area contributed by atoms with Crippen molar-refractivity contribution in [1.82, 2.24) is 15.1 Å². The predicted molar refractivity (Wildman–Crippen MR) is 85.5 cm³/mol. The zero-order valence-corrected chi connectivity index (χ0v) is 13.7. The third-order valence-electron chi connectivity index (χ3n) is 5.63. The maximum Gasteiger partial charge on any atom is 0.318 e. The van der Waals surface area contributed by atoms with Gasteiger partial charge in [-0.15, -0.1) is 0 Å². The Bertz CT molecular complexity index is 416. The van der Waals surface area contributed by atoms with Crippen LogP contribution < -0.4 is 5.32 Å². The summed E-state index contributed by atoms with van der Waals surface area (Å²) in [6.07, 6.45) is 9.44. The summed E-state index contributed by atoms with van der Waals surface area (Å²) in [7, 11) is 0. The lowest BCUT2D eigenvalue weighted by molar-refractivity contribution is -0.133. The number of nitrogens with one attached hydrogen (secondary N) is 1. The minimum atomic E-state index is -0.409. The van der Waals surface area contributed by atoms with Crippen molar-refractivity contribution in [3.05, 3.63) is 0 Å². The molecule has 1 saturated carbocycles. The number of hydrogen-bond donors (Lipinski definition) is 1. The highest BCUT2D eigenvalue weighted by Crippen LogP contribution is 2.37. The summed E-state index contributed by atoms with van der Waals surface area (Å²) in [4.78, 5) is 28.9. The molecule has 2 heterocycles. The first-order valence-electron chi connectivity index (χ1n) is 9.03. The third kappa shape index (κ3) is 3.23. The zero-order chi connectivity index (χ0) is 15.5.